The van der Waals surface area contributed by atoms with Gasteiger partial charge in [0, 0.05) is 69.0 Å². The molecule has 4 radical (unpaired) electrons. The Bertz CT molecular complexity index is 4390. The van der Waals surface area contributed by atoms with Gasteiger partial charge in [-0.3, -0.25) is 31.4 Å². The fourth-order valence-corrected chi connectivity index (χ4v) is 11.4. The van der Waals surface area contributed by atoms with E-state index in [2.05, 4.69) is 346 Å². The molecule has 0 spiro atoms. The van der Waals surface area contributed by atoms with E-state index in [1.54, 1.807) is 0 Å². The van der Waals surface area contributed by atoms with E-state index in [9.17, 15) is 0 Å². The largest absolute Gasteiger partial charge is 2.00 e. The average Bonchev–Trinajstić information content (AvgIpc) is 1.55. The van der Waals surface area contributed by atoms with Gasteiger partial charge in [0.1, 0.15) is 51.0 Å². The van der Waals surface area contributed by atoms with Gasteiger partial charge in [0.25, 0.3) is 0 Å². The molecular formula is C87H95N9V4+6. The minimum absolute atomic E-state index is 0. The molecule has 100 heavy (non-hydrogen) atoms. The molecule has 0 amide bonds. The summed E-state index contributed by atoms with van der Waals surface area (Å²) in [7, 11) is 18.7. The Labute approximate surface area is 645 Å². The number of pyridine rings is 4. The predicted molar refractivity (Wildman–Crippen MR) is 391 cm³/mol. The molecule has 7 heterocycles. The Morgan fingerprint density at radius 3 is 0.870 bits per heavy atom. The summed E-state index contributed by atoms with van der Waals surface area (Å²) >= 11 is 0. The molecule has 14 rings (SSSR count). The maximum atomic E-state index is 3.36. The van der Waals surface area contributed by atoms with Gasteiger partial charge in [-0.15, -0.1) is 45.8 Å². The number of hydrogen-bond donors (Lipinski definition) is 0. The van der Waals surface area contributed by atoms with Crippen molar-refractivity contribution in [2.75, 3.05) is 0 Å². The van der Waals surface area contributed by atoms with E-state index in [1.165, 1.54) is 89.5 Å². The standard InChI is InChI=1S/4C14H14N.C11H13N.2C10H13N2.4V/c2*1-11-9-14(10-12(2)15(11)3)13-7-5-4-6-8-13;2*1-11-9-10-14(12(2)15(11)3)13-7-5-4-6-8-13;1-8-10-6-4-5-7-11(10)9(2)12(8)3;2*1-8-9-6-4-5-7-10(9)12(3)11(8)2;;;;/h4*4-7,9H,1-3H3;3*4-7H,1-3H3;;;;/q4*-1;;2*+1;4*+2. The summed E-state index contributed by atoms with van der Waals surface area (Å²) in [6.07, 6.45) is 0. The van der Waals surface area contributed by atoms with Crippen molar-refractivity contribution in [3.63, 3.8) is 0 Å². The number of hydrogen-bond acceptors (Lipinski definition) is 0. The van der Waals surface area contributed by atoms with Crippen LogP contribution in [0.3, 0.4) is 0 Å². The number of nitrogens with zero attached hydrogens (tertiary/aromatic N) is 9. The first-order chi connectivity index (χ1) is 45.9. The van der Waals surface area contributed by atoms with Gasteiger partial charge < -0.3 is 4.57 Å². The van der Waals surface area contributed by atoms with Crippen LogP contribution in [0.4, 0.5) is 0 Å². The molecule has 7 aromatic carbocycles. The van der Waals surface area contributed by atoms with E-state index >= 15 is 0 Å². The Morgan fingerprint density at radius 1 is 0.290 bits per heavy atom. The van der Waals surface area contributed by atoms with Gasteiger partial charge in [-0.25, -0.2) is 44.5 Å². The fraction of sp³-hybridized carbons (Fsp3) is 0.241. The molecule has 0 saturated heterocycles. The third-order valence-electron chi connectivity index (χ3n) is 18.9. The Kier molecular flexibility index (Phi) is 33.1. The van der Waals surface area contributed by atoms with Crippen molar-refractivity contribution in [1.82, 2.24) is 13.9 Å². The summed E-state index contributed by atoms with van der Waals surface area (Å²) in [5.74, 6) is 0. The Hall–Kier alpha value is -8.04. The van der Waals surface area contributed by atoms with Gasteiger partial charge in [0.05, 0.1) is 59.0 Å². The zero-order valence-corrected chi connectivity index (χ0v) is 67.9. The van der Waals surface area contributed by atoms with E-state index in [0.29, 0.717) is 0 Å². The molecule has 0 aliphatic rings. The van der Waals surface area contributed by atoms with Crippen LogP contribution >= 0.6 is 0 Å². The fourth-order valence-electron chi connectivity index (χ4n) is 11.4. The number of aromatic nitrogens is 9. The van der Waals surface area contributed by atoms with Gasteiger partial charge in [-0.2, -0.15) is 118 Å². The van der Waals surface area contributed by atoms with Crippen molar-refractivity contribution in [2.24, 2.45) is 63.4 Å². The molecule has 0 saturated carbocycles. The first-order valence-electron chi connectivity index (χ1n) is 32.7. The molecule has 0 aliphatic carbocycles. The maximum absolute atomic E-state index is 3.36. The van der Waals surface area contributed by atoms with E-state index < -0.39 is 0 Å². The first-order valence-corrected chi connectivity index (χ1v) is 32.7. The Balaban J connectivity index is 0.000000246. The summed E-state index contributed by atoms with van der Waals surface area (Å²) < 4.78 is 19.5. The Morgan fingerprint density at radius 2 is 0.580 bits per heavy atom. The zero-order valence-electron chi connectivity index (χ0n) is 62.3. The molecular weight excluding hydrogens is 1370 g/mol. The van der Waals surface area contributed by atoms with Crippen LogP contribution in [0.2, 0.25) is 0 Å². The summed E-state index contributed by atoms with van der Waals surface area (Å²) in [5, 5.41) is 5.42. The normalized spacial score (nSPS) is 10.1. The smallest absolute Gasteiger partial charge is 0.351 e. The van der Waals surface area contributed by atoms with Crippen LogP contribution in [0, 0.1) is 132 Å². The monoisotopic (exact) mass is 1470 g/mol. The quantitative estimate of drug-likeness (QED) is 0.124. The summed E-state index contributed by atoms with van der Waals surface area (Å²) in [4.78, 5) is 0. The molecule has 0 bridgehead atoms. The van der Waals surface area contributed by atoms with Crippen LogP contribution in [0.1, 0.15) is 68.3 Å². The molecule has 7 aromatic heterocycles. The molecule has 0 aliphatic heterocycles. The third-order valence-corrected chi connectivity index (χ3v) is 18.9. The van der Waals surface area contributed by atoms with Gasteiger partial charge in [-0.1, -0.05) is 60.7 Å². The zero-order chi connectivity index (χ0) is 69.5. The first kappa shape index (κ1) is 84.4. The predicted octanol–water partition coefficient (Wildman–Crippen LogP) is 15.0. The van der Waals surface area contributed by atoms with Crippen molar-refractivity contribution in [3.05, 3.63) is 311 Å². The molecule has 13 heteroatoms. The number of benzene rings is 7. The van der Waals surface area contributed by atoms with Crippen molar-refractivity contribution in [2.45, 2.75) is 83.1 Å². The van der Waals surface area contributed by atoms with Gasteiger partial charge in [-0.05, 0) is 67.5 Å². The van der Waals surface area contributed by atoms with Crippen LogP contribution in [0.25, 0.3) is 77.1 Å². The topological polar surface area (TPSA) is 38.1 Å². The van der Waals surface area contributed by atoms with Crippen molar-refractivity contribution in [3.8, 4) is 44.5 Å². The number of rotatable bonds is 4. The van der Waals surface area contributed by atoms with Crippen molar-refractivity contribution >= 4 is 32.6 Å². The molecule has 0 fully saturated rings. The minimum atomic E-state index is 0. The molecule has 0 unspecified atom stereocenters. The second kappa shape index (κ2) is 39.2. The summed E-state index contributed by atoms with van der Waals surface area (Å²) in [6, 6.07) is 92.0. The van der Waals surface area contributed by atoms with Gasteiger partial charge in [0.2, 0.25) is 11.0 Å². The second-order valence-corrected chi connectivity index (χ2v) is 24.5. The summed E-state index contributed by atoms with van der Waals surface area (Å²) in [5.41, 5.74) is 26.4. The minimum Gasteiger partial charge on any atom is -0.351 e. The number of fused-ring (bicyclic) bond motifs is 3. The molecule has 0 atom stereocenters. The van der Waals surface area contributed by atoms with Crippen molar-refractivity contribution in [1.29, 1.82) is 0 Å². The van der Waals surface area contributed by atoms with E-state index in [1.807, 2.05) is 84.9 Å². The van der Waals surface area contributed by atoms with E-state index in [-0.39, 0.29) is 74.2 Å². The SMILES string of the molecule is Cc1[c-]c(-c2[c-]cccc2)cc(C)[n+]1C.Cc1[c-]c(-c2[c-]cccc2)cc(C)[n+]1C.Cc1c2ccccc2[n+](C)n1C.Cc1c2ccccc2[n+](C)n1C.Cc1c2ccccc2c(C)n1C.Cc1c[c-]c(-c2[c-]cccc2)c(C)[n+]1C.Cc1c[c-]c(-c2[c-]cccc2)c(C)[n+]1C.[V+2].[V+2].[V+2].[V+2]. The van der Waals surface area contributed by atoms with Gasteiger partial charge >= 0.3 is 74.2 Å². The van der Waals surface area contributed by atoms with Crippen LogP contribution in [-0.4, -0.2) is 13.9 Å². The number of aryl methyl sites for hydroxylation is 12. The molecule has 0 N–H and O–H groups in total. The number of para-hydroxylation sites is 2. The van der Waals surface area contributed by atoms with E-state index in [4.69, 9.17) is 0 Å². The second-order valence-electron chi connectivity index (χ2n) is 24.5. The van der Waals surface area contributed by atoms with Crippen LogP contribution in [0.15, 0.2) is 194 Å². The van der Waals surface area contributed by atoms with Gasteiger partial charge in [0.15, 0.2) is 14.1 Å². The molecule has 502 valence electrons. The third kappa shape index (κ3) is 20.4. The molecule has 14 aromatic rings. The maximum Gasteiger partial charge on any atom is 2.00 e. The molecule has 9 nitrogen and oxygen atoms in total. The average molecular weight is 1470 g/mol. The van der Waals surface area contributed by atoms with Crippen molar-refractivity contribution < 1.29 is 102 Å². The van der Waals surface area contributed by atoms with Crippen LogP contribution in [0.5, 0.6) is 0 Å². The van der Waals surface area contributed by atoms with Crippen LogP contribution in [-0.2, 0) is 138 Å². The van der Waals surface area contributed by atoms with Crippen LogP contribution < -0.4 is 27.6 Å². The summed E-state index contributed by atoms with van der Waals surface area (Å²) in [6.45, 7) is 25.3. The van der Waals surface area contributed by atoms with E-state index in [0.717, 1.165) is 55.9 Å².